The summed E-state index contributed by atoms with van der Waals surface area (Å²) in [5.74, 6) is 0.884. The molecule has 1 saturated carbocycles. The largest absolute Gasteiger partial charge is 0.325 e. The highest BCUT2D eigenvalue weighted by Crippen LogP contribution is 2.42. The van der Waals surface area contributed by atoms with Crippen LogP contribution in [0, 0.1) is 17.8 Å². The number of carbonyl (C=O) groups excluding carboxylic acids is 2. The molecule has 1 aliphatic carbocycles. The van der Waals surface area contributed by atoms with Crippen LogP contribution in [0.15, 0.2) is 0 Å². The van der Waals surface area contributed by atoms with Crippen molar-refractivity contribution in [2.24, 2.45) is 17.8 Å². The molecule has 2 saturated heterocycles. The van der Waals surface area contributed by atoms with Gasteiger partial charge in [-0.2, -0.15) is 0 Å². The normalized spacial score (nSPS) is 40.7. The molecule has 2 heterocycles. The molecular weight excluding hydrogens is 266 g/mol. The molecule has 118 valence electrons. The topological polar surface area (TPSA) is 61.4 Å². The van der Waals surface area contributed by atoms with Crippen LogP contribution in [0.5, 0.6) is 0 Å². The van der Waals surface area contributed by atoms with Gasteiger partial charge in [-0.3, -0.25) is 9.69 Å². The first-order chi connectivity index (χ1) is 10.1. The number of hydrogen-bond donors (Lipinski definition) is 2. The number of carbonyl (C=O) groups is 2. The van der Waals surface area contributed by atoms with Gasteiger partial charge in [0.05, 0.1) is 0 Å². The highest BCUT2D eigenvalue weighted by atomic mass is 16.2. The summed E-state index contributed by atoms with van der Waals surface area (Å²) in [5.41, 5.74) is -0.641. The summed E-state index contributed by atoms with van der Waals surface area (Å²) in [6, 6.07) is -0.175. The molecule has 5 heteroatoms. The zero-order chi connectivity index (χ0) is 15.0. The maximum absolute atomic E-state index is 13.0. The predicted molar refractivity (Wildman–Crippen MR) is 80.7 cm³/mol. The van der Waals surface area contributed by atoms with E-state index in [0.717, 1.165) is 45.2 Å². The van der Waals surface area contributed by atoms with Crippen molar-refractivity contribution in [3.05, 3.63) is 0 Å². The highest BCUT2D eigenvalue weighted by molar-refractivity contribution is 6.07. The van der Waals surface area contributed by atoms with Crippen molar-refractivity contribution in [1.82, 2.24) is 15.5 Å². The lowest BCUT2D eigenvalue weighted by Gasteiger charge is -2.42. The van der Waals surface area contributed by atoms with E-state index >= 15 is 0 Å². The SMILES string of the molecule is CC1CCCC(C)C12NC(=O)N(CC1CCCNC1)C2=O. The van der Waals surface area contributed by atoms with Gasteiger partial charge < -0.3 is 10.6 Å². The fourth-order valence-corrected chi connectivity index (χ4v) is 4.46. The van der Waals surface area contributed by atoms with E-state index in [0.29, 0.717) is 12.5 Å². The summed E-state index contributed by atoms with van der Waals surface area (Å²) in [6.45, 7) is 6.75. The van der Waals surface area contributed by atoms with E-state index in [-0.39, 0.29) is 23.8 Å². The quantitative estimate of drug-likeness (QED) is 0.762. The van der Waals surface area contributed by atoms with E-state index in [1.165, 1.54) is 4.90 Å². The Bertz CT molecular complexity index is 421. The van der Waals surface area contributed by atoms with Gasteiger partial charge in [-0.25, -0.2) is 4.79 Å². The Morgan fingerprint density at radius 1 is 1.14 bits per heavy atom. The standard InChI is InChI=1S/C16H27N3O2/c1-11-5-3-6-12(2)16(11)14(20)19(15(21)18-16)10-13-7-4-8-17-9-13/h11-13,17H,3-10H2,1-2H3,(H,18,21). The molecule has 0 aromatic heterocycles. The molecule has 3 unspecified atom stereocenters. The minimum Gasteiger partial charge on any atom is -0.323 e. The molecule has 5 nitrogen and oxygen atoms in total. The van der Waals surface area contributed by atoms with Crippen LogP contribution in [0.4, 0.5) is 4.79 Å². The lowest BCUT2D eigenvalue weighted by atomic mass is 9.67. The summed E-state index contributed by atoms with van der Waals surface area (Å²) >= 11 is 0. The Labute approximate surface area is 126 Å². The van der Waals surface area contributed by atoms with Crippen molar-refractivity contribution < 1.29 is 9.59 Å². The molecule has 21 heavy (non-hydrogen) atoms. The maximum Gasteiger partial charge on any atom is 0.325 e. The maximum atomic E-state index is 13.0. The molecule has 2 aliphatic heterocycles. The van der Waals surface area contributed by atoms with Gasteiger partial charge in [0.25, 0.3) is 5.91 Å². The van der Waals surface area contributed by atoms with Crippen molar-refractivity contribution in [2.45, 2.75) is 51.5 Å². The van der Waals surface area contributed by atoms with Crippen LogP contribution in [0.3, 0.4) is 0 Å². The van der Waals surface area contributed by atoms with E-state index in [1.807, 2.05) is 0 Å². The van der Waals surface area contributed by atoms with E-state index in [1.54, 1.807) is 0 Å². The monoisotopic (exact) mass is 293 g/mol. The first kappa shape index (κ1) is 14.8. The predicted octanol–water partition coefficient (Wildman–Crippen LogP) is 1.73. The van der Waals surface area contributed by atoms with Crippen molar-refractivity contribution in [3.8, 4) is 0 Å². The average Bonchev–Trinajstić information content (AvgIpc) is 2.72. The zero-order valence-electron chi connectivity index (χ0n) is 13.2. The first-order valence-electron chi connectivity index (χ1n) is 8.40. The Morgan fingerprint density at radius 2 is 1.86 bits per heavy atom. The Morgan fingerprint density at radius 3 is 2.48 bits per heavy atom. The molecule has 0 bridgehead atoms. The molecule has 1 spiro atoms. The van der Waals surface area contributed by atoms with Gasteiger partial charge >= 0.3 is 6.03 Å². The van der Waals surface area contributed by atoms with Crippen molar-refractivity contribution in [2.75, 3.05) is 19.6 Å². The number of hydrogen-bond acceptors (Lipinski definition) is 3. The van der Waals surface area contributed by atoms with Crippen molar-refractivity contribution in [3.63, 3.8) is 0 Å². The van der Waals surface area contributed by atoms with Crippen LogP contribution in [-0.2, 0) is 4.79 Å². The minimum absolute atomic E-state index is 0.0257. The molecule has 3 fully saturated rings. The molecule has 3 amide bonds. The second kappa shape index (κ2) is 5.59. The lowest BCUT2D eigenvalue weighted by molar-refractivity contribution is -0.137. The average molecular weight is 293 g/mol. The highest BCUT2D eigenvalue weighted by Gasteiger charge is 2.58. The van der Waals surface area contributed by atoms with Gasteiger partial charge in [0, 0.05) is 6.54 Å². The van der Waals surface area contributed by atoms with Gasteiger partial charge in [0.1, 0.15) is 5.54 Å². The van der Waals surface area contributed by atoms with Crippen LogP contribution in [-0.4, -0.2) is 42.0 Å². The molecule has 0 aromatic rings. The summed E-state index contributed by atoms with van der Waals surface area (Å²) in [7, 11) is 0. The third kappa shape index (κ3) is 2.35. The minimum atomic E-state index is -0.641. The van der Waals surface area contributed by atoms with Crippen LogP contribution < -0.4 is 10.6 Å². The van der Waals surface area contributed by atoms with Crippen molar-refractivity contribution >= 4 is 11.9 Å². The Kier molecular flexibility index (Phi) is 3.95. The summed E-state index contributed by atoms with van der Waals surface area (Å²) < 4.78 is 0. The summed E-state index contributed by atoms with van der Waals surface area (Å²) in [6.07, 6.45) is 5.43. The van der Waals surface area contributed by atoms with Crippen LogP contribution >= 0.6 is 0 Å². The number of rotatable bonds is 2. The number of amides is 3. The second-order valence-electron chi connectivity index (χ2n) is 7.16. The van der Waals surface area contributed by atoms with E-state index in [4.69, 9.17) is 0 Å². The number of piperidine rings is 1. The van der Waals surface area contributed by atoms with Gasteiger partial charge in [0.15, 0.2) is 0 Å². The molecule has 0 aromatic carbocycles. The number of nitrogens with one attached hydrogen (secondary N) is 2. The fraction of sp³-hybridized carbons (Fsp3) is 0.875. The van der Waals surface area contributed by atoms with Crippen LogP contribution in [0.25, 0.3) is 0 Å². The van der Waals surface area contributed by atoms with Gasteiger partial charge in [-0.15, -0.1) is 0 Å². The zero-order valence-corrected chi connectivity index (χ0v) is 13.2. The first-order valence-corrected chi connectivity index (χ1v) is 8.40. The molecular formula is C16H27N3O2. The molecule has 3 atom stereocenters. The number of imide groups is 1. The Hall–Kier alpha value is -1.10. The lowest BCUT2D eigenvalue weighted by Crippen LogP contribution is -2.59. The second-order valence-corrected chi connectivity index (χ2v) is 7.16. The molecule has 3 rings (SSSR count). The van der Waals surface area contributed by atoms with Gasteiger partial charge in [0.2, 0.25) is 0 Å². The number of urea groups is 1. The molecule has 2 N–H and O–H groups in total. The fourth-order valence-electron chi connectivity index (χ4n) is 4.46. The van der Waals surface area contributed by atoms with Gasteiger partial charge in [-0.05, 0) is 56.5 Å². The molecule has 3 aliphatic rings. The Balaban J connectivity index is 1.77. The van der Waals surface area contributed by atoms with Crippen molar-refractivity contribution in [1.29, 1.82) is 0 Å². The van der Waals surface area contributed by atoms with Crippen LogP contribution in [0.1, 0.15) is 46.0 Å². The smallest absolute Gasteiger partial charge is 0.323 e. The molecule has 0 radical (unpaired) electrons. The summed E-state index contributed by atoms with van der Waals surface area (Å²) in [5, 5.41) is 6.43. The van der Waals surface area contributed by atoms with Crippen LogP contribution in [0.2, 0.25) is 0 Å². The summed E-state index contributed by atoms with van der Waals surface area (Å²) in [4.78, 5) is 26.9. The third-order valence-electron chi connectivity index (χ3n) is 5.83. The number of nitrogens with zero attached hydrogens (tertiary/aromatic N) is 1. The third-order valence-corrected chi connectivity index (χ3v) is 5.83. The van der Waals surface area contributed by atoms with E-state index in [9.17, 15) is 9.59 Å². The van der Waals surface area contributed by atoms with E-state index in [2.05, 4.69) is 24.5 Å². The van der Waals surface area contributed by atoms with E-state index < -0.39 is 5.54 Å². The van der Waals surface area contributed by atoms with Gasteiger partial charge in [-0.1, -0.05) is 20.3 Å².